The lowest BCUT2D eigenvalue weighted by atomic mass is 9.96. The summed E-state index contributed by atoms with van der Waals surface area (Å²) in [6, 6.07) is 20.6. The molecular weight excluding hydrogens is 290 g/mol. The van der Waals surface area contributed by atoms with Crippen LogP contribution in [0.3, 0.4) is 0 Å². The molecule has 0 bridgehead atoms. The number of aromatic nitrogens is 1. The zero-order valence-corrected chi connectivity index (χ0v) is 12.3. The molecule has 0 radical (unpaired) electrons. The van der Waals surface area contributed by atoms with Crippen LogP contribution < -0.4 is 0 Å². The highest BCUT2D eigenvalue weighted by Crippen LogP contribution is 2.32. The molecule has 4 heteroatoms. The minimum Gasteiger partial charge on any atom is -0.478 e. The van der Waals surface area contributed by atoms with Gasteiger partial charge in [-0.15, -0.1) is 0 Å². The SMILES string of the molecule is O=C(O)c1cc(-c2ccccc2)c(-c2ccccc2)nc1CO. The Morgan fingerprint density at radius 1 is 0.913 bits per heavy atom. The van der Waals surface area contributed by atoms with Gasteiger partial charge in [0.05, 0.1) is 23.6 Å². The van der Waals surface area contributed by atoms with Gasteiger partial charge < -0.3 is 10.2 Å². The number of carboxylic acid groups (broad SMARTS) is 1. The van der Waals surface area contributed by atoms with Crippen LogP contribution in [-0.2, 0) is 6.61 Å². The average molecular weight is 305 g/mol. The average Bonchev–Trinajstić information content (AvgIpc) is 2.62. The summed E-state index contributed by atoms with van der Waals surface area (Å²) in [5.41, 5.74) is 3.32. The van der Waals surface area contributed by atoms with Crippen molar-refractivity contribution in [3.63, 3.8) is 0 Å². The number of hydrogen-bond acceptors (Lipinski definition) is 3. The molecule has 0 fully saturated rings. The predicted molar refractivity (Wildman–Crippen MR) is 88.0 cm³/mol. The first kappa shape index (κ1) is 14.9. The smallest absolute Gasteiger partial charge is 0.337 e. The molecule has 0 saturated carbocycles. The Hall–Kier alpha value is -2.98. The first-order valence-electron chi connectivity index (χ1n) is 7.19. The van der Waals surface area contributed by atoms with Gasteiger partial charge in [0.25, 0.3) is 0 Å². The van der Waals surface area contributed by atoms with Gasteiger partial charge in [-0.05, 0) is 11.6 Å². The number of rotatable bonds is 4. The fourth-order valence-electron chi connectivity index (χ4n) is 2.51. The van der Waals surface area contributed by atoms with Gasteiger partial charge in [0.15, 0.2) is 0 Å². The van der Waals surface area contributed by atoms with Gasteiger partial charge in [-0.1, -0.05) is 60.7 Å². The van der Waals surface area contributed by atoms with E-state index < -0.39 is 12.6 Å². The molecule has 114 valence electrons. The summed E-state index contributed by atoms with van der Waals surface area (Å²) < 4.78 is 0. The molecule has 4 nitrogen and oxygen atoms in total. The summed E-state index contributed by atoms with van der Waals surface area (Å²) in [4.78, 5) is 15.9. The lowest BCUT2D eigenvalue weighted by Crippen LogP contribution is -2.07. The number of pyridine rings is 1. The molecule has 0 unspecified atom stereocenters. The quantitative estimate of drug-likeness (QED) is 0.772. The van der Waals surface area contributed by atoms with E-state index in [1.165, 1.54) is 0 Å². The van der Waals surface area contributed by atoms with Gasteiger partial charge in [-0.3, -0.25) is 0 Å². The lowest BCUT2D eigenvalue weighted by molar-refractivity contribution is 0.0692. The molecule has 0 atom stereocenters. The topological polar surface area (TPSA) is 70.4 Å². The highest BCUT2D eigenvalue weighted by Gasteiger charge is 2.18. The van der Waals surface area contributed by atoms with Crippen molar-refractivity contribution in [2.45, 2.75) is 6.61 Å². The Bertz CT molecular complexity index is 830. The summed E-state index contributed by atoms with van der Waals surface area (Å²) in [5.74, 6) is -1.10. The van der Waals surface area contributed by atoms with Crippen molar-refractivity contribution < 1.29 is 15.0 Å². The van der Waals surface area contributed by atoms with Gasteiger partial charge in [-0.25, -0.2) is 9.78 Å². The highest BCUT2D eigenvalue weighted by molar-refractivity contribution is 5.93. The van der Waals surface area contributed by atoms with Gasteiger partial charge in [0.2, 0.25) is 0 Å². The zero-order chi connectivity index (χ0) is 16.2. The maximum atomic E-state index is 11.5. The van der Waals surface area contributed by atoms with Crippen LogP contribution >= 0.6 is 0 Å². The zero-order valence-electron chi connectivity index (χ0n) is 12.3. The highest BCUT2D eigenvalue weighted by atomic mass is 16.4. The van der Waals surface area contributed by atoms with Crippen LogP contribution in [0, 0.1) is 0 Å². The predicted octanol–water partition coefficient (Wildman–Crippen LogP) is 3.61. The van der Waals surface area contributed by atoms with E-state index >= 15 is 0 Å². The molecule has 0 saturated heterocycles. The van der Waals surface area contributed by atoms with Crippen LogP contribution in [0.5, 0.6) is 0 Å². The van der Waals surface area contributed by atoms with Crippen LogP contribution in [-0.4, -0.2) is 21.2 Å². The monoisotopic (exact) mass is 305 g/mol. The molecule has 1 aromatic heterocycles. The fraction of sp³-hybridized carbons (Fsp3) is 0.0526. The Kier molecular flexibility index (Phi) is 4.17. The number of benzene rings is 2. The summed E-state index contributed by atoms with van der Waals surface area (Å²) in [5, 5.41) is 18.9. The second-order valence-electron chi connectivity index (χ2n) is 5.07. The third-order valence-corrected chi connectivity index (χ3v) is 3.61. The molecule has 0 spiro atoms. The largest absolute Gasteiger partial charge is 0.478 e. The molecule has 23 heavy (non-hydrogen) atoms. The molecule has 0 aliphatic rings. The van der Waals surface area contributed by atoms with E-state index in [4.69, 9.17) is 0 Å². The maximum Gasteiger partial charge on any atom is 0.337 e. The summed E-state index contributed by atoms with van der Waals surface area (Å²) in [6.45, 7) is -0.420. The standard InChI is InChI=1S/C19H15NO3/c21-12-17-16(19(22)23)11-15(13-7-3-1-4-8-13)18(20-17)14-9-5-2-6-10-14/h1-11,21H,12H2,(H,22,23). The number of hydrogen-bond donors (Lipinski definition) is 2. The van der Waals surface area contributed by atoms with E-state index in [0.717, 1.165) is 16.7 Å². The summed E-state index contributed by atoms with van der Waals surface area (Å²) in [6.07, 6.45) is 0. The van der Waals surface area contributed by atoms with Crippen LogP contribution in [0.15, 0.2) is 66.7 Å². The summed E-state index contributed by atoms with van der Waals surface area (Å²) in [7, 11) is 0. The first-order valence-corrected chi connectivity index (χ1v) is 7.19. The molecule has 3 rings (SSSR count). The molecule has 0 aliphatic heterocycles. The Labute approximate surface area is 133 Å². The van der Waals surface area contributed by atoms with E-state index in [0.29, 0.717) is 5.69 Å². The van der Waals surface area contributed by atoms with Crippen LogP contribution in [0.2, 0.25) is 0 Å². The molecule has 2 aromatic carbocycles. The van der Waals surface area contributed by atoms with Gasteiger partial charge in [0.1, 0.15) is 0 Å². The minimum absolute atomic E-state index is 0.0195. The van der Waals surface area contributed by atoms with Crippen molar-refractivity contribution in [2.24, 2.45) is 0 Å². The number of aliphatic hydroxyl groups excluding tert-OH is 1. The first-order chi connectivity index (χ1) is 11.2. The van der Waals surface area contributed by atoms with Crippen LogP contribution in [0.1, 0.15) is 16.1 Å². The number of nitrogens with zero attached hydrogens (tertiary/aromatic N) is 1. The second-order valence-corrected chi connectivity index (χ2v) is 5.07. The number of aromatic carboxylic acids is 1. The van der Waals surface area contributed by atoms with E-state index in [-0.39, 0.29) is 11.3 Å². The maximum absolute atomic E-state index is 11.5. The van der Waals surface area contributed by atoms with E-state index in [1.807, 2.05) is 60.7 Å². The molecule has 0 amide bonds. The van der Waals surface area contributed by atoms with Crippen molar-refractivity contribution in [3.8, 4) is 22.4 Å². The Morgan fingerprint density at radius 3 is 2.00 bits per heavy atom. The van der Waals surface area contributed by atoms with E-state index in [1.54, 1.807) is 6.07 Å². The molecule has 1 heterocycles. The van der Waals surface area contributed by atoms with Crippen molar-refractivity contribution in [1.82, 2.24) is 4.98 Å². The third kappa shape index (κ3) is 2.98. The minimum atomic E-state index is -1.10. The van der Waals surface area contributed by atoms with Crippen LogP contribution in [0.4, 0.5) is 0 Å². The van der Waals surface area contributed by atoms with Gasteiger partial charge in [-0.2, -0.15) is 0 Å². The van der Waals surface area contributed by atoms with Crippen molar-refractivity contribution in [2.75, 3.05) is 0 Å². The molecule has 3 aromatic rings. The third-order valence-electron chi connectivity index (χ3n) is 3.61. The summed E-state index contributed by atoms with van der Waals surface area (Å²) >= 11 is 0. The van der Waals surface area contributed by atoms with Crippen LogP contribution in [0.25, 0.3) is 22.4 Å². The van der Waals surface area contributed by atoms with Crippen molar-refractivity contribution in [3.05, 3.63) is 78.0 Å². The number of aliphatic hydroxyl groups is 1. The number of carbonyl (C=O) groups is 1. The number of carboxylic acids is 1. The van der Waals surface area contributed by atoms with Crippen molar-refractivity contribution in [1.29, 1.82) is 0 Å². The van der Waals surface area contributed by atoms with Crippen molar-refractivity contribution >= 4 is 5.97 Å². The van der Waals surface area contributed by atoms with Gasteiger partial charge in [0, 0.05) is 11.1 Å². The fourth-order valence-corrected chi connectivity index (χ4v) is 2.51. The normalized spacial score (nSPS) is 10.5. The van der Waals surface area contributed by atoms with E-state index in [9.17, 15) is 15.0 Å². The molecule has 2 N–H and O–H groups in total. The second kappa shape index (κ2) is 6.42. The Balaban J connectivity index is 2.30. The lowest BCUT2D eigenvalue weighted by Gasteiger charge is -2.13. The molecular formula is C19H15NO3. The van der Waals surface area contributed by atoms with E-state index in [2.05, 4.69) is 4.98 Å². The Morgan fingerprint density at radius 2 is 1.48 bits per heavy atom. The molecule has 0 aliphatic carbocycles. The van der Waals surface area contributed by atoms with Gasteiger partial charge >= 0.3 is 5.97 Å².